The van der Waals surface area contributed by atoms with E-state index in [1.807, 2.05) is 73.9 Å². The van der Waals surface area contributed by atoms with Crippen molar-refractivity contribution in [3.05, 3.63) is 80.8 Å². The second kappa shape index (κ2) is 10.8. The minimum atomic E-state index is -0.706. The summed E-state index contributed by atoms with van der Waals surface area (Å²) in [5.41, 5.74) is 3.93. The Balaban J connectivity index is 1.62. The fraction of sp³-hybridized carbons (Fsp3) is 0.357. The van der Waals surface area contributed by atoms with Crippen LogP contribution >= 0.6 is 0 Å². The first-order chi connectivity index (χ1) is 18.8. The summed E-state index contributed by atoms with van der Waals surface area (Å²) in [5, 5.41) is 14.3. The third-order valence-electron chi connectivity index (χ3n) is 6.89. The first-order valence-corrected chi connectivity index (χ1v) is 13.1. The van der Waals surface area contributed by atoms with Gasteiger partial charge in [0, 0.05) is 31.7 Å². The molecule has 202 valence electrons. The highest BCUT2D eigenvalue weighted by Crippen LogP contribution is 2.30. The highest BCUT2D eigenvalue weighted by molar-refractivity contribution is 5.80. The van der Waals surface area contributed by atoms with Crippen molar-refractivity contribution in [1.82, 2.24) is 39.3 Å². The van der Waals surface area contributed by atoms with Crippen LogP contribution in [-0.2, 0) is 17.8 Å². The molecule has 0 aliphatic rings. The molecule has 0 amide bonds. The highest BCUT2D eigenvalue weighted by atomic mass is 16.5. The summed E-state index contributed by atoms with van der Waals surface area (Å²) in [6.07, 6.45) is 0.0215. The van der Waals surface area contributed by atoms with Crippen LogP contribution in [0.3, 0.4) is 0 Å². The molecule has 3 aromatic heterocycles. The zero-order chi connectivity index (χ0) is 27.7. The lowest BCUT2D eigenvalue weighted by Gasteiger charge is -2.16. The van der Waals surface area contributed by atoms with Crippen LogP contribution in [0.4, 0.5) is 0 Å². The van der Waals surface area contributed by atoms with Crippen LogP contribution < -0.4 is 11.2 Å². The standard InChI is InChI=1S/C28H32N8O3/c1-6-15-34-26-23(27(37)36(28(34)38)18(4)39-5)35(25(29-26)17(2)3)16-19-11-13-20(14-12-19)21-9-7-8-10-22(21)24-30-32-33-31-24/h7-14,17-18H,6,15-16H2,1-5H3,(H,30,31,32,33). The molecule has 3 heterocycles. The number of fused-ring (bicyclic) bond motifs is 1. The number of ether oxygens (including phenoxy) is 1. The van der Waals surface area contributed by atoms with Crippen molar-refractivity contribution in [1.29, 1.82) is 0 Å². The first-order valence-electron chi connectivity index (χ1n) is 13.1. The second-order valence-corrected chi connectivity index (χ2v) is 9.82. The first kappa shape index (κ1) is 26.2. The SMILES string of the molecule is CCCn1c(=O)n(C(C)OC)c(=O)c2c1nc(C(C)C)n2Cc1ccc(-c2ccccc2-c2nnn[nH]2)cc1. The molecule has 11 nitrogen and oxygen atoms in total. The molecule has 0 aliphatic heterocycles. The van der Waals surface area contributed by atoms with Crippen molar-refractivity contribution in [2.24, 2.45) is 0 Å². The summed E-state index contributed by atoms with van der Waals surface area (Å²) < 4.78 is 10.1. The number of rotatable bonds is 9. The Hall–Kier alpha value is -4.38. The summed E-state index contributed by atoms with van der Waals surface area (Å²) in [4.78, 5) is 31.9. The van der Waals surface area contributed by atoms with E-state index in [0.29, 0.717) is 30.1 Å². The maximum absolute atomic E-state index is 13.7. The molecule has 0 spiro atoms. The molecule has 5 rings (SSSR count). The van der Waals surface area contributed by atoms with Crippen LogP contribution in [-0.4, -0.2) is 46.4 Å². The zero-order valence-electron chi connectivity index (χ0n) is 22.8. The normalized spacial score (nSPS) is 12.5. The summed E-state index contributed by atoms with van der Waals surface area (Å²) in [6, 6.07) is 16.1. The Morgan fingerprint density at radius 3 is 2.31 bits per heavy atom. The number of tetrazole rings is 1. The van der Waals surface area contributed by atoms with Gasteiger partial charge in [-0.15, -0.1) is 5.10 Å². The van der Waals surface area contributed by atoms with Gasteiger partial charge >= 0.3 is 5.69 Å². The van der Waals surface area contributed by atoms with Crippen LogP contribution in [0, 0.1) is 0 Å². The quantitative estimate of drug-likeness (QED) is 0.307. The van der Waals surface area contributed by atoms with E-state index in [2.05, 4.69) is 20.6 Å². The van der Waals surface area contributed by atoms with Crippen molar-refractivity contribution in [2.75, 3.05) is 7.11 Å². The molecule has 0 bridgehead atoms. The largest absolute Gasteiger partial charge is 0.361 e. The van der Waals surface area contributed by atoms with Gasteiger partial charge in [-0.2, -0.15) is 0 Å². The van der Waals surface area contributed by atoms with Crippen molar-refractivity contribution >= 4 is 11.2 Å². The molecule has 0 saturated carbocycles. The van der Waals surface area contributed by atoms with Gasteiger partial charge in [0.05, 0.1) is 0 Å². The maximum atomic E-state index is 13.7. The van der Waals surface area contributed by atoms with Crippen molar-refractivity contribution in [3.8, 4) is 22.5 Å². The molecule has 1 unspecified atom stereocenters. The van der Waals surface area contributed by atoms with E-state index >= 15 is 0 Å². The molecule has 0 radical (unpaired) electrons. The molecule has 0 aliphatic carbocycles. The summed E-state index contributed by atoms with van der Waals surface area (Å²) in [7, 11) is 1.49. The number of imidazole rings is 1. The van der Waals surface area contributed by atoms with Crippen molar-refractivity contribution < 1.29 is 4.74 Å². The number of aromatic amines is 1. The second-order valence-electron chi connectivity index (χ2n) is 9.82. The van der Waals surface area contributed by atoms with Gasteiger partial charge in [0.25, 0.3) is 5.56 Å². The Bertz CT molecular complexity index is 1710. The number of methoxy groups -OCH3 is 1. The van der Waals surface area contributed by atoms with Crippen LogP contribution in [0.1, 0.15) is 57.6 Å². The Morgan fingerprint density at radius 1 is 0.974 bits per heavy atom. The number of aromatic nitrogens is 8. The van der Waals surface area contributed by atoms with E-state index < -0.39 is 17.5 Å². The fourth-order valence-electron chi connectivity index (χ4n) is 4.92. The number of aryl methyl sites for hydroxylation is 1. The van der Waals surface area contributed by atoms with Gasteiger partial charge in [-0.05, 0) is 40.5 Å². The summed E-state index contributed by atoms with van der Waals surface area (Å²) in [5.74, 6) is 1.39. The number of hydrogen-bond acceptors (Lipinski definition) is 7. The predicted octanol–water partition coefficient (Wildman–Crippen LogP) is 3.95. The van der Waals surface area contributed by atoms with Crippen molar-refractivity contribution in [2.45, 2.75) is 59.4 Å². The molecular formula is C28H32N8O3. The molecule has 5 aromatic rings. The topological polar surface area (TPSA) is 126 Å². The Kier molecular flexibility index (Phi) is 7.25. The van der Waals surface area contributed by atoms with E-state index in [-0.39, 0.29) is 5.92 Å². The van der Waals surface area contributed by atoms with Gasteiger partial charge in [0.1, 0.15) is 12.1 Å². The smallest absolute Gasteiger partial charge is 0.334 e. The van der Waals surface area contributed by atoms with Gasteiger partial charge in [-0.25, -0.2) is 19.4 Å². The van der Waals surface area contributed by atoms with Crippen LogP contribution in [0.5, 0.6) is 0 Å². The van der Waals surface area contributed by atoms with Gasteiger partial charge in [0.15, 0.2) is 17.0 Å². The lowest BCUT2D eigenvalue weighted by atomic mass is 9.98. The summed E-state index contributed by atoms with van der Waals surface area (Å²) >= 11 is 0. The van der Waals surface area contributed by atoms with Crippen LogP contribution in [0.15, 0.2) is 58.1 Å². The number of nitrogens with zero attached hydrogens (tertiary/aromatic N) is 7. The molecule has 0 saturated heterocycles. The van der Waals surface area contributed by atoms with E-state index in [9.17, 15) is 9.59 Å². The average Bonchev–Trinajstić information content (AvgIpc) is 3.60. The minimum Gasteiger partial charge on any atom is -0.361 e. The molecule has 1 N–H and O–H groups in total. The van der Waals surface area contributed by atoms with Gasteiger partial charge < -0.3 is 9.30 Å². The van der Waals surface area contributed by atoms with E-state index in [1.54, 1.807) is 11.5 Å². The van der Waals surface area contributed by atoms with E-state index in [4.69, 9.17) is 9.72 Å². The fourth-order valence-corrected chi connectivity index (χ4v) is 4.92. The monoisotopic (exact) mass is 528 g/mol. The van der Waals surface area contributed by atoms with E-state index in [0.717, 1.165) is 34.5 Å². The van der Waals surface area contributed by atoms with E-state index in [1.165, 1.54) is 11.7 Å². The Morgan fingerprint density at radius 2 is 1.69 bits per heavy atom. The van der Waals surface area contributed by atoms with Crippen LogP contribution in [0.2, 0.25) is 0 Å². The average molecular weight is 529 g/mol. The summed E-state index contributed by atoms with van der Waals surface area (Å²) in [6.45, 7) is 8.64. The number of benzene rings is 2. The lowest BCUT2D eigenvalue weighted by molar-refractivity contribution is 0.0530. The molecule has 0 fully saturated rings. The molecule has 2 aromatic carbocycles. The number of H-pyrrole nitrogens is 1. The van der Waals surface area contributed by atoms with Crippen LogP contribution in [0.25, 0.3) is 33.7 Å². The minimum absolute atomic E-state index is 0.0388. The maximum Gasteiger partial charge on any atom is 0.334 e. The molecule has 1 atom stereocenters. The predicted molar refractivity (Wildman–Crippen MR) is 149 cm³/mol. The lowest BCUT2D eigenvalue weighted by Crippen LogP contribution is -2.42. The molecular weight excluding hydrogens is 496 g/mol. The third-order valence-corrected chi connectivity index (χ3v) is 6.89. The zero-order valence-corrected chi connectivity index (χ0v) is 22.8. The van der Waals surface area contributed by atoms with Gasteiger partial charge in [-0.1, -0.05) is 69.3 Å². The van der Waals surface area contributed by atoms with Crippen molar-refractivity contribution in [3.63, 3.8) is 0 Å². The van der Waals surface area contributed by atoms with Gasteiger partial charge in [-0.3, -0.25) is 9.36 Å². The molecule has 39 heavy (non-hydrogen) atoms. The third kappa shape index (κ3) is 4.69. The number of hydrogen-bond donors (Lipinski definition) is 1. The van der Waals surface area contributed by atoms with Gasteiger partial charge in [0.2, 0.25) is 0 Å². The Labute approximate surface area is 225 Å². The molecule has 11 heteroatoms. The highest BCUT2D eigenvalue weighted by Gasteiger charge is 2.24. The number of nitrogens with one attached hydrogen (secondary N) is 1.